The molecule has 1 fully saturated rings. The average molecular weight is 278 g/mol. The zero-order valence-electron chi connectivity index (χ0n) is 12.6. The molecular formula is C15H26N4O. The number of anilines is 1. The quantitative estimate of drug-likeness (QED) is 0.831. The number of nitrogens with one attached hydrogen (secondary N) is 1. The molecule has 2 N–H and O–H groups in total. The van der Waals surface area contributed by atoms with Crippen LogP contribution in [-0.2, 0) is 6.54 Å². The SMILES string of the molecule is CCNc1cc(C)nc(CN2CCCC(CCO)C2)n1. The van der Waals surface area contributed by atoms with Gasteiger partial charge in [0.05, 0.1) is 6.54 Å². The number of nitrogens with zero attached hydrogens (tertiary/aromatic N) is 3. The van der Waals surface area contributed by atoms with E-state index in [0.29, 0.717) is 12.5 Å². The second-order valence-corrected chi connectivity index (χ2v) is 5.60. The second kappa shape index (κ2) is 7.55. The van der Waals surface area contributed by atoms with Gasteiger partial charge in [-0.15, -0.1) is 0 Å². The van der Waals surface area contributed by atoms with E-state index < -0.39 is 0 Å². The molecule has 112 valence electrons. The zero-order chi connectivity index (χ0) is 14.4. The van der Waals surface area contributed by atoms with E-state index in [9.17, 15) is 0 Å². The largest absolute Gasteiger partial charge is 0.396 e. The molecule has 1 aliphatic rings. The van der Waals surface area contributed by atoms with Crippen LogP contribution in [0.25, 0.3) is 0 Å². The van der Waals surface area contributed by atoms with Gasteiger partial charge in [0.2, 0.25) is 0 Å². The third kappa shape index (κ3) is 4.42. The molecule has 0 aromatic carbocycles. The van der Waals surface area contributed by atoms with Crippen molar-refractivity contribution in [1.82, 2.24) is 14.9 Å². The van der Waals surface area contributed by atoms with Gasteiger partial charge in [-0.3, -0.25) is 4.90 Å². The smallest absolute Gasteiger partial charge is 0.144 e. The molecule has 1 aromatic rings. The Balaban J connectivity index is 1.98. The lowest BCUT2D eigenvalue weighted by Gasteiger charge is -2.32. The fourth-order valence-corrected chi connectivity index (χ4v) is 2.89. The Morgan fingerprint density at radius 2 is 2.30 bits per heavy atom. The van der Waals surface area contributed by atoms with E-state index in [1.807, 2.05) is 13.0 Å². The highest BCUT2D eigenvalue weighted by molar-refractivity contribution is 5.35. The first-order valence-electron chi connectivity index (χ1n) is 7.63. The first kappa shape index (κ1) is 15.2. The number of hydrogen-bond donors (Lipinski definition) is 2. The molecule has 0 aliphatic carbocycles. The summed E-state index contributed by atoms with van der Waals surface area (Å²) in [6, 6.07) is 1.98. The van der Waals surface area contributed by atoms with Crippen LogP contribution < -0.4 is 5.32 Å². The minimum Gasteiger partial charge on any atom is -0.396 e. The Labute approximate surface area is 121 Å². The number of rotatable bonds is 6. The molecule has 5 nitrogen and oxygen atoms in total. The van der Waals surface area contributed by atoms with E-state index >= 15 is 0 Å². The predicted molar refractivity (Wildman–Crippen MR) is 80.6 cm³/mol. The fraction of sp³-hybridized carbons (Fsp3) is 0.733. The normalized spacial score (nSPS) is 20.1. The first-order valence-corrected chi connectivity index (χ1v) is 7.63. The molecule has 0 saturated carbocycles. The van der Waals surface area contributed by atoms with Gasteiger partial charge in [-0.25, -0.2) is 9.97 Å². The molecule has 0 amide bonds. The number of hydrogen-bond acceptors (Lipinski definition) is 5. The van der Waals surface area contributed by atoms with Gasteiger partial charge in [-0.1, -0.05) is 0 Å². The predicted octanol–water partition coefficient (Wildman–Crippen LogP) is 1.81. The van der Waals surface area contributed by atoms with Crippen LogP contribution in [0.15, 0.2) is 6.07 Å². The van der Waals surface area contributed by atoms with E-state index in [4.69, 9.17) is 5.11 Å². The molecule has 1 saturated heterocycles. The van der Waals surface area contributed by atoms with Crippen LogP contribution in [-0.4, -0.2) is 46.2 Å². The summed E-state index contributed by atoms with van der Waals surface area (Å²) in [5, 5.41) is 12.3. The van der Waals surface area contributed by atoms with Gasteiger partial charge in [-0.05, 0) is 45.6 Å². The monoisotopic (exact) mass is 278 g/mol. The van der Waals surface area contributed by atoms with E-state index in [0.717, 1.165) is 49.9 Å². The van der Waals surface area contributed by atoms with Gasteiger partial charge in [0.25, 0.3) is 0 Å². The van der Waals surface area contributed by atoms with Crippen molar-refractivity contribution in [3.05, 3.63) is 17.6 Å². The maximum absolute atomic E-state index is 9.07. The molecule has 5 heteroatoms. The number of aromatic nitrogens is 2. The third-order valence-electron chi connectivity index (χ3n) is 3.76. The van der Waals surface area contributed by atoms with Crippen molar-refractivity contribution in [1.29, 1.82) is 0 Å². The standard InChI is InChI=1S/C15H26N4O/c1-3-16-14-9-12(2)17-15(18-14)11-19-7-4-5-13(10-19)6-8-20/h9,13,20H,3-8,10-11H2,1-2H3,(H,16,17,18). The maximum atomic E-state index is 9.07. The Hall–Kier alpha value is -1.20. The highest BCUT2D eigenvalue weighted by Crippen LogP contribution is 2.20. The van der Waals surface area contributed by atoms with Crippen LogP contribution in [0, 0.1) is 12.8 Å². The summed E-state index contributed by atoms with van der Waals surface area (Å²) in [5.74, 6) is 2.43. The second-order valence-electron chi connectivity index (χ2n) is 5.60. The summed E-state index contributed by atoms with van der Waals surface area (Å²) in [6.45, 7) is 8.21. The summed E-state index contributed by atoms with van der Waals surface area (Å²) < 4.78 is 0. The fourth-order valence-electron chi connectivity index (χ4n) is 2.89. The summed E-state index contributed by atoms with van der Waals surface area (Å²) in [4.78, 5) is 11.5. The van der Waals surface area contributed by atoms with E-state index in [1.165, 1.54) is 12.8 Å². The molecule has 1 unspecified atom stereocenters. The van der Waals surface area contributed by atoms with Crippen molar-refractivity contribution >= 4 is 5.82 Å². The van der Waals surface area contributed by atoms with Crippen LogP contribution in [0.5, 0.6) is 0 Å². The van der Waals surface area contributed by atoms with Gasteiger partial charge in [0, 0.05) is 31.5 Å². The topological polar surface area (TPSA) is 61.3 Å². The van der Waals surface area contributed by atoms with Gasteiger partial charge in [0.15, 0.2) is 0 Å². The van der Waals surface area contributed by atoms with Gasteiger partial charge in [0.1, 0.15) is 11.6 Å². The maximum Gasteiger partial charge on any atom is 0.144 e. The highest BCUT2D eigenvalue weighted by Gasteiger charge is 2.20. The average Bonchev–Trinajstić information content (AvgIpc) is 2.39. The molecular weight excluding hydrogens is 252 g/mol. The summed E-state index contributed by atoms with van der Waals surface area (Å²) in [5.41, 5.74) is 1.01. The Morgan fingerprint density at radius 3 is 3.05 bits per heavy atom. The zero-order valence-corrected chi connectivity index (χ0v) is 12.6. The van der Waals surface area contributed by atoms with Gasteiger partial charge >= 0.3 is 0 Å². The van der Waals surface area contributed by atoms with Crippen molar-refractivity contribution in [3.8, 4) is 0 Å². The molecule has 1 atom stereocenters. The molecule has 20 heavy (non-hydrogen) atoms. The molecule has 0 spiro atoms. The van der Waals surface area contributed by atoms with E-state index in [2.05, 4.69) is 27.1 Å². The van der Waals surface area contributed by atoms with Crippen molar-refractivity contribution < 1.29 is 5.11 Å². The van der Waals surface area contributed by atoms with Crippen molar-refractivity contribution in [3.63, 3.8) is 0 Å². The van der Waals surface area contributed by atoms with E-state index in [-0.39, 0.29) is 0 Å². The summed E-state index contributed by atoms with van der Waals surface area (Å²) >= 11 is 0. The minimum absolute atomic E-state index is 0.296. The third-order valence-corrected chi connectivity index (χ3v) is 3.76. The Morgan fingerprint density at radius 1 is 1.45 bits per heavy atom. The molecule has 1 aliphatic heterocycles. The van der Waals surface area contributed by atoms with Crippen molar-refractivity contribution in [2.24, 2.45) is 5.92 Å². The first-order chi connectivity index (χ1) is 9.71. The lowest BCUT2D eigenvalue weighted by molar-refractivity contribution is 0.140. The summed E-state index contributed by atoms with van der Waals surface area (Å²) in [6.07, 6.45) is 3.35. The molecule has 2 heterocycles. The Bertz CT molecular complexity index is 422. The van der Waals surface area contributed by atoms with E-state index in [1.54, 1.807) is 0 Å². The molecule has 2 rings (SSSR count). The van der Waals surface area contributed by atoms with Crippen molar-refractivity contribution in [2.45, 2.75) is 39.7 Å². The number of piperidine rings is 1. The summed E-state index contributed by atoms with van der Waals surface area (Å²) in [7, 11) is 0. The number of aliphatic hydroxyl groups is 1. The van der Waals surface area contributed by atoms with Gasteiger partial charge < -0.3 is 10.4 Å². The highest BCUT2D eigenvalue weighted by atomic mass is 16.3. The van der Waals surface area contributed by atoms with Crippen LogP contribution in [0.4, 0.5) is 5.82 Å². The number of aliphatic hydroxyl groups excluding tert-OH is 1. The molecule has 0 bridgehead atoms. The van der Waals surface area contributed by atoms with Crippen molar-refractivity contribution in [2.75, 3.05) is 31.6 Å². The number of likely N-dealkylation sites (tertiary alicyclic amines) is 1. The van der Waals surface area contributed by atoms with Crippen LogP contribution in [0.2, 0.25) is 0 Å². The Kier molecular flexibility index (Phi) is 5.73. The lowest BCUT2D eigenvalue weighted by atomic mass is 9.95. The van der Waals surface area contributed by atoms with Crippen LogP contribution in [0.3, 0.4) is 0 Å². The lowest BCUT2D eigenvalue weighted by Crippen LogP contribution is -2.35. The van der Waals surface area contributed by atoms with Crippen LogP contribution in [0.1, 0.15) is 37.7 Å². The minimum atomic E-state index is 0.296. The number of aryl methyl sites for hydroxylation is 1. The molecule has 0 radical (unpaired) electrons. The molecule has 1 aromatic heterocycles. The van der Waals surface area contributed by atoms with Crippen LogP contribution >= 0.6 is 0 Å². The van der Waals surface area contributed by atoms with Gasteiger partial charge in [-0.2, -0.15) is 0 Å².